The third-order valence-electron chi connectivity index (χ3n) is 2.60. The second-order valence-electron chi connectivity index (χ2n) is 4.92. The molecule has 0 bridgehead atoms. The van der Waals surface area contributed by atoms with Crippen LogP contribution in [0.25, 0.3) is 0 Å². The van der Waals surface area contributed by atoms with Crippen molar-refractivity contribution in [1.29, 1.82) is 0 Å². The summed E-state index contributed by atoms with van der Waals surface area (Å²) in [6, 6.07) is 2.77. The number of benzene rings is 1. The molecule has 0 saturated heterocycles. The molecular weight excluding hydrogens is 337 g/mol. The number of alkyl halides is 3. The molecule has 0 aliphatic heterocycles. The van der Waals surface area contributed by atoms with Gasteiger partial charge in [0.25, 0.3) is 0 Å². The first kappa shape index (κ1) is 17.0. The highest BCUT2D eigenvalue weighted by atomic mass is 79.9. The Morgan fingerprint density at radius 3 is 2.50 bits per heavy atom. The molecule has 1 aromatic carbocycles. The number of amides is 1. The number of rotatable bonds is 4. The lowest BCUT2D eigenvalue weighted by Crippen LogP contribution is -2.36. The summed E-state index contributed by atoms with van der Waals surface area (Å²) in [6.07, 6.45) is -4.02. The average Bonchev–Trinajstić information content (AvgIpc) is 2.29. The summed E-state index contributed by atoms with van der Waals surface area (Å²) in [5.74, 6) is -0.263. The molecule has 1 amide bonds. The van der Waals surface area contributed by atoms with Crippen molar-refractivity contribution in [3.05, 3.63) is 28.2 Å². The number of nitrogens with two attached hydrogens (primary N) is 1. The van der Waals surface area contributed by atoms with Crippen molar-refractivity contribution in [2.45, 2.75) is 32.5 Å². The van der Waals surface area contributed by atoms with Crippen LogP contribution in [0, 0.1) is 5.92 Å². The van der Waals surface area contributed by atoms with E-state index in [1.54, 1.807) is 0 Å². The second kappa shape index (κ2) is 6.58. The largest absolute Gasteiger partial charge is 0.417 e. The van der Waals surface area contributed by atoms with Gasteiger partial charge in [0, 0.05) is 10.2 Å². The highest BCUT2D eigenvalue weighted by Crippen LogP contribution is 2.36. The molecule has 1 aromatic rings. The van der Waals surface area contributed by atoms with Gasteiger partial charge in [0.2, 0.25) is 5.91 Å². The molecule has 20 heavy (non-hydrogen) atoms. The van der Waals surface area contributed by atoms with Gasteiger partial charge in [-0.25, -0.2) is 0 Å². The van der Waals surface area contributed by atoms with Gasteiger partial charge < -0.3 is 11.1 Å². The molecule has 0 aliphatic rings. The number of halogens is 4. The van der Waals surface area contributed by atoms with Gasteiger partial charge in [-0.2, -0.15) is 13.2 Å². The van der Waals surface area contributed by atoms with Crippen molar-refractivity contribution >= 4 is 27.5 Å². The van der Waals surface area contributed by atoms with Crippen molar-refractivity contribution in [1.82, 2.24) is 0 Å². The molecule has 3 N–H and O–H groups in total. The lowest BCUT2D eigenvalue weighted by Gasteiger charge is -2.15. The second-order valence-corrected chi connectivity index (χ2v) is 5.77. The highest BCUT2D eigenvalue weighted by Gasteiger charge is 2.33. The minimum Gasteiger partial charge on any atom is -0.325 e. The van der Waals surface area contributed by atoms with Gasteiger partial charge in [0.05, 0.1) is 11.6 Å². The van der Waals surface area contributed by atoms with E-state index in [0.29, 0.717) is 6.42 Å². The van der Waals surface area contributed by atoms with Crippen LogP contribution >= 0.6 is 15.9 Å². The third kappa shape index (κ3) is 4.79. The van der Waals surface area contributed by atoms with Crippen molar-refractivity contribution in [3.63, 3.8) is 0 Å². The zero-order valence-electron chi connectivity index (χ0n) is 11.1. The summed E-state index contributed by atoms with van der Waals surface area (Å²) < 4.78 is 38.1. The Morgan fingerprint density at radius 2 is 2.00 bits per heavy atom. The number of carbonyl (C=O) groups excluding carboxylic acids is 1. The predicted molar refractivity (Wildman–Crippen MR) is 75.2 cm³/mol. The van der Waals surface area contributed by atoms with Gasteiger partial charge >= 0.3 is 6.18 Å². The summed E-state index contributed by atoms with van der Waals surface area (Å²) in [6.45, 7) is 3.82. The molecule has 3 nitrogen and oxygen atoms in total. The summed E-state index contributed by atoms with van der Waals surface area (Å²) in [5, 5.41) is 2.40. The maximum atomic E-state index is 12.7. The Bertz CT molecular complexity index is 489. The molecular formula is C13H16BrF3N2O. The predicted octanol–water partition coefficient (Wildman–Crippen LogP) is 3.78. The molecule has 0 heterocycles. The van der Waals surface area contributed by atoms with E-state index < -0.39 is 23.7 Å². The summed E-state index contributed by atoms with van der Waals surface area (Å²) in [7, 11) is 0. The molecule has 1 rings (SSSR count). The SMILES string of the molecule is CC(C)C[C@H](N)C(=O)Nc1ccc(Br)c(C(F)(F)F)c1. The standard InChI is InChI=1S/C13H16BrF3N2O/c1-7(2)5-11(18)12(20)19-8-3-4-10(14)9(6-8)13(15,16)17/h3-4,6-7,11H,5,18H2,1-2H3,(H,19,20)/t11-/m0/s1. The normalized spacial score (nSPS) is 13.4. The molecule has 1 atom stereocenters. The van der Waals surface area contributed by atoms with Crippen LogP contribution in [0.2, 0.25) is 0 Å². The van der Waals surface area contributed by atoms with Gasteiger partial charge in [-0.3, -0.25) is 4.79 Å². The van der Waals surface area contributed by atoms with Crippen LogP contribution in [0.5, 0.6) is 0 Å². The Kier molecular flexibility index (Phi) is 5.59. The lowest BCUT2D eigenvalue weighted by molar-refractivity contribution is -0.138. The first-order chi connectivity index (χ1) is 9.11. The third-order valence-corrected chi connectivity index (χ3v) is 3.29. The minimum atomic E-state index is -4.49. The summed E-state index contributed by atoms with van der Waals surface area (Å²) in [5.41, 5.74) is 4.91. The highest BCUT2D eigenvalue weighted by molar-refractivity contribution is 9.10. The van der Waals surface area contributed by atoms with Crippen LogP contribution in [0.3, 0.4) is 0 Å². The van der Waals surface area contributed by atoms with E-state index in [1.807, 2.05) is 13.8 Å². The average molecular weight is 353 g/mol. The Balaban J connectivity index is 2.86. The van der Waals surface area contributed by atoms with Gasteiger partial charge in [-0.1, -0.05) is 29.8 Å². The smallest absolute Gasteiger partial charge is 0.325 e. The van der Waals surface area contributed by atoms with Gasteiger partial charge in [0.1, 0.15) is 0 Å². The van der Waals surface area contributed by atoms with Crippen molar-refractivity contribution in [3.8, 4) is 0 Å². The molecule has 7 heteroatoms. The quantitative estimate of drug-likeness (QED) is 0.866. The Morgan fingerprint density at radius 1 is 1.40 bits per heavy atom. The first-order valence-corrected chi connectivity index (χ1v) is 6.83. The maximum Gasteiger partial charge on any atom is 0.417 e. The zero-order valence-corrected chi connectivity index (χ0v) is 12.7. The molecule has 0 spiro atoms. The number of carbonyl (C=O) groups is 1. The van der Waals surface area contributed by atoms with E-state index in [0.717, 1.165) is 6.07 Å². The number of anilines is 1. The molecule has 0 unspecified atom stereocenters. The topological polar surface area (TPSA) is 55.1 Å². The van der Waals surface area contributed by atoms with Crippen LogP contribution in [-0.4, -0.2) is 11.9 Å². The molecule has 0 saturated carbocycles. The van der Waals surface area contributed by atoms with Gasteiger partial charge in [-0.15, -0.1) is 0 Å². The van der Waals surface area contributed by atoms with E-state index in [1.165, 1.54) is 12.1 Å². The van der Waals surface area contributed by atoms with E-state index in [-0.39, 0.29) is 16.1 Å². The fraction of sp³-hybridized carbons (Fsp3) is 0.462. The van der Waals surface area contributed by atoms with E-state index in [9.17, 15) is 18.0 Å². The number of hydrogen-bond acceptors (Lipinski definition) is 2. The van der Waals surface area contributed by atoms with Crippen LogP contribution < -0.4 is 11.1 Å². The van der Waals surface area contributed by atoms with Crippen molar-refractivity contribution < 1.29 is 18.0 Å². The van der Waals surface area contributed by atoms with Crippen LogP contribution in [0.15, 0.2) is 22.7 Å². The molecule has 0 fully saturated rings. The Hall–Kier alpha value is -1.08. The fourth-order valence-electron chi connectivity index (χ4n) is 1.67. The number of hydrogen-bond donors (Lipinski definition) is 2. The van der Waals surface area contributed by atoms with Crippen molar-refractivity contribution in [2.75, 3.05) is 5.32 Å². The minimum absolute atomic E-state index is 0.0738. The summed E-state index contributed by atoms with van der Waals surface area (Å²) in [4.78, 5) is 11.8. The van der Waals surface area contributed by atoms with Gasteiger partial charge in [-0.05, 0) is 30.5 Å². The fourth-order valence-corrected chi connectivity index (χ4v) is 2.14. The van der Waals surface area contributed by atoms with Crippen LogP contribution in [0.4, 0.5) is 18.9 Å². The Labute approximate surface area is 123 Å². The molecule has 0 radical (unpaired) electrons. The molecule has 112 valence electrons. The zero-order chi connectivity index (χ0) is 15.5. The molecule has 0 aromatic heterocycles. The van der Waals surface area contributed by atoms with Crippen molar-refractivity contribution in [2.24, 2.45) is 11.7 Å². The van der Waals surface area contributed by atoms with Gasteiger partial charge in [0.15, 0.2) is 0 Å². The summed E-state index contributed by atoms with van der Waals surface area (Å²) >= 11 is 2.84. The lowest BCUT2D eigenvalue weighted by atomic mass is 10.0. The monoisotopic (exact) mass is 352 g/mol. The van der Waals surface area contributed by atoms with E-state index >= 15 is 0 Å². The van der Waals surface area contributed by atoms with Crippen LogP contribution in [0.1, 0.15) is 25.8 Å². The first-order valence-electron chi connectivity index (χ1n) is 6.04. The number of nitrogens with one attached hydrogen (secondary N) is 1. The van der Waals surface area contributed by atoms with E-state index in [2.05, 4.69) is 21.2 Å². The molecule has 0 aliphatic carbocycles. The van der Waals surface area contributed by atoms with Crippen LogP contribution in [-0.2, 0) is 11.0 Å². The van der Waals surface area contributed by atoms with E-state index in [4.69, 9.17) is 5.73 Å². The maximum absolute atomic E-state index is 12.7.